The van der Waals surface area contributed by atoms with Gasteiger partial charge in [-0.15, -0.1) is 0 Å². The summed E-state index contributed by atoms with van der Waals surface area (Å²) in [5, 5.41) is 11.8. The molecule has 8 nitrogen and oxygen atoms in total. The van der Waals surface area contributed by atoms with Crippen molar-refractivity contribution < 1.29 is 22.7 Å². The molecule has 1 aromatic rings. The van der Waals surface area contributed by atoms with Gasteiger partial charge in [0.1, 0.15) is 12.6 Å². The van der Waals surface area contributed by atoms with Crippen molar-refractivity contribution in [1.29, 1.82) is 5.26 Å². The number of ether oxygens (including phenoxy) is 1. The molecule has 0 spiro atoms. The van der Waals surface area contributed by atoms with Crippen LogP contribution in [0.3, 0.4) is 0 Å². The van der Waals surface area contributed by atoms with Crippen molar-refractivity contribution in [2.45, 2.75) is 43.0 Å². The molecule has 1 amide bonds. The average Bonchev–Trinajstić information content (AvgIpc) is 2.65. The third-order valence-corrected chi connectivity index (χ3v) is 5.50. The Morgan fingerprint density at radius 1 is 1.19 bits per heavy atom. The van der Waals surface area contributed by atoms with Gasteiger partial charge in [0.2, 0.25) is 10.0 Å². The standard InChI is InChI=1S/C17H21N3O5S/c18-10-13-6-4-5-9-15(13)26(23,24)19-11-17(22)25-12-16(21)20-14-7-2-1-3-8-14/h4-6,9,14,19H,1-3,7-8,11-12H2,(H,20,21). The summed E-state index contributed by atoms with van der Waals surface area (Å²) in [6.45, 7) is -1.08. The number of benzene rings is 1. The molecule has 0 aromatic heterocycles. The topological polar surface area (TPSA) is 125 Å². The van der Waals surface area contributed by atoms with Crippen LogP contribution in [0.1, 0.15) is 37.7 Å². The number of hydrogen-bond donors (Lipinski definition) is 2. The molecule has 0 heterocycles. The Bertz CT molecular complexity index is 795. The minimum Gasteiger partial charge on any atom is -0.455 e. The Labute approximate surface area is 152 Å². The Balaban J connectivity index is 1.79. The molecule has 1 aliphatic carbocycles. The molecule has 0 aliphatic heterocycles. The van der Waals surface area contributed by atoms with Crippen LogP contribution in [0.4, 0.5) is 0 Å². The summed E-state index contributed by atoms with van der Waals surface area (Å²) in [4.78, 5) is 23.2. The first-order valence-electron chi connectivity index (χ1n) is 8.36. The van der Waals surface area contributed by atoms with Crippen LogP contribution in [0.25, 0.3) is 0 Å². The number of nitrogens with zero attached hydrogens (tertiary/aromatic N) is 1. The maximum Gasteiger partial charge on any atom is 0.321 e. The molecule has 0 radical (unpaired) electrons. The van der Waals surface area contributed by atoms with E-state index >= 15 is 0 Å². The normalized spacial score (nSPS) is 15.0. The van der Waals surface area contributed by atoms with E-state index in [1.54, 1.807) is 6.07 Å². The van der Waals surface area contributed by atoms with E-state index in [9.17, 15) is 18.0 Å². The van der Waals surface area contributed by atoms with Gasteiger partial charge in [0, 0.05) is 6.04 Å². The average molecular weight is 379 g/mol. The van der Waals surface area contributed by atoms with Gasteiger partial charge in [-0.2, -0.15) is 9.98 Å². The Kier molecular flexibility index (Phi) is 7.12. The van der Waals surface area contributed by atoms with Crippen LogP contribution < -0.4 is 10.0 Å². The van der Waals surface area contributed by atoms with E-state index in [1.165, 1.54) is 24.3 Å². The van der Waals surface area contributed by atoms with Gasteiger partial charge in [-0.3, -0.25) is 9.59 Å². The number of sulfonamides is 1. The van der Waals surface area contributed by atoms with Crippen LogP contribution in [0.15, 0.2) is 29.2 Å². The number of hydrogen-bond acceptors (Lipinski definition) is 6. The second kappa shape index (κ2) is 9.31. The number of carbonyl (C=O) groups excluding carboxylic acids is 2. The summed E-state index contributed by atoms with van der Waals surface area (Å²) >= 11 is 0. The molecule has 0 bridgehead atoms. The van der Waals surface area contributed by atoms with Gasteiger partial charge >= 0.3 is 5.97 Å². The van der Waals surface area contributed by atoms with Gasteiger partial charge in [-0.05, 0) is 25.0 Å². The molecular weight excluding hydrogens is 358 g/mol. The van der Waals surface area contributed by atoms with Crippen LogP contribution >= 0.6 is 0 Å². The summed E-state index contributed by atoms with van der Waals surface area (Å²) in [6, 6.07) is 7.53. The SMILES string of the molecule is N#Cc1ccccc1S(=O)(=O)NCC(=O)OCC(=O)NC1CCCCC1. The van der Waals surface area contributed by atoms with Gasteiger partial charge in [0.25, 0.3) is 5.91 Å². The first-order valence-corrected chi connectivity index (χ1v) is 9.84. The summed E-state index contributed by atoms with van der Waals surface area (Å²) in [6.07, 6.45) is 5.12. The lowest BCUT2D eigenvalue weighted by molar-refractivity contribution is -0.147. The molecule has 1 saturated carbocycles. The summed E-state index contributed by atoms with van der Waals surface area (Å²) in [5.41, 5.74) is -0.0276. The molecular formula is C17H21N3O5S. The van der Waals surface area contributed by atoms with Gasteiger partial charge < -0.3 is 10.1 Å². The molecule has 1 aromatic carbocycles. The predicted molar refractivity (Wildman–Crippen MR) is 92.3 cm³/mol. The highest BCUT2D eigenvalue weighted by atomic mass is 32.2. The minimum absolute atomic E-state index is 0.0276. The van der Waals surface area contributed by atoms with Crippen molar-refractivity contribution in [3.05, 3.63) is 29.8 Å². The first kappa shape index (κ1) is 19.9. The molecule has 2 N–H and O–H groups in total. The van der Waals surface area contributed by atoms with Crippen LogP contribution in [-0.2, 0) is 24.3 Å². The Morgan fingerprint density at radius 2 is 1.88 bits per heavy atom. The lowest BCUT2D eigenvalue weighted by Crippen LogP contribution is -2.39. The first-order chi connectivity index (χ1) is 12.4. The summed E-state index contributed by atoms with van der Waals surface area (Å²) < 4.78 is 31.2. The summed E-state index contributed by atoms with van der Waals surface area (Å²) in [5.74, 6) is -1.27. The zero-order valence-electron chi connectivity index (χ0n) is 14.2. The van der Waals surface area contributed by atoms with Crippen LogP contribution in [0.5, 0.6) is 0 Å². The van der Waals surface area contributed by atoms with E-state index in [1.807, 2.05) is 0 Å². The fourth-order valence-electron chi connectivity index (χ4n) is 2.74. The second-order valence-electron chi connectivity index (χ2n) is 6.00. The maximum atomic E-state index is 12.2. The van der Waals surface area contributed by atoms with Crippen molar-refractivity contribution in [3.8, 4) is 6.07 Å². The van der Waals surface area contributed by atoms with E-state index in [2.05, 4.69) is 10.0 Å². The number of rotatable bonds is 7. The fourth-order valence-corrected chi connectivity index (χ4v) is 3.86. The lowest BCUT2D eigenvalue weighted by atomic mass is 9.95. The largest absolute Gasteiger partial charge is 0.455 e. The Hall–Kier alpha value is -2.44. The quantitative estimate of drug-likeness (QED) is 0.676. The highest BCUT2D eigenvalue weighted by Gasteiger charge is 2.20. The molecule has 0 atom stereocenters. The van der Waals surface area contributed by atoms with Crippen molar-refractivity contribution in [2.75, 3.05) is 13.2 Å². The van der Waals surface area contributed by atoms with Crippen LogP contribution in [0.2, 0.25) is 0 Å². The molecule has 9 heteroatoms. The number of amides is 1. The van der Waals surface area contributed by atoms with E-state index in [4.69, 9.17) is 10.00 Å². The van der Waals surface area contributed by atoms with Crippen molar-refractivity contribution in [2.24, 2.45) is 0 Å². The molecule has 2 rings (SSSR count). The van der Waals surface area contributed by atoms with E-state index in [-0.39, 0.29) is 16.5 Å². The van der Waals surface area contributed by atoms with Gasteiger partial charge in [0.05, 0.1) is 10.5 Å². The van der Waals surface area contributed by atoms with Gasteiger partial charge in [-0.25, -0.2) is 8.42 Å². The van der Waals surface area contributed by atoms with E-state index in [0.29, 0.717) is 0 Å². The zero-order valence-corrected chi connectivity index (χ0v) is 15.0. The number of nitrogens with one attached hydrogen (secondary N) is 2. The van der Waals surface area contributed by atoms with Crippen LogP contribution in [-0.4, -0.2) is 39.5 Å². The Morgan fingerprint density at radius 3 is 2.58 bits per heavy atom. The molecule has 0 unspecified atom stereocenters. The maximum absolute atomic E-state index is 12.2. The highest BCUT2D eigenvalue weighted by Crippen LogP contribution is 2.17. The second-order valence-corrected chi connectivity index (χ2v) is 7.73. The van der Waals surface area contributed by atoms with Gasteiger partial charge in [0.15, 0.2) is 6.61 Å². The molecule has 140 valence electrons. The number of esters is 1. The zero-order chi connectivity index (χ0) is 19.0. The third kappa shape index (κ3) is 5.82. The summed E-state index contributed by atoms with van der Waals surface area (Å²) in [7, 11) is -4.03. The van der Waals surface area contributed by atoms with Gasteiger partial charge in [-0.1, -0.05) is 31.4 Å². The van der Waals surface area contributed by atoms with Crippen molar-refractivity contribution >= 4 is 21.9 Å². The molecule has 26 heavy (non-hydrogen) atoms. The molecule has 1 fully saturated rings. The monoisotopic (exact) mass is 379 g/mol. The van der Waals surface area contributed by atoms with E-state index in [0.717, 1.165) is 32.1 Å². The predicted octanol–water partition coefficient (Wildman–Crippen LogP) is 0.829. The van der Waals surface area contributed by atoms with Crippen molar-refractivity contribution in [3.63, 3.8) is 0 Å². The van der Waals surface area contributed by atoms with Crippen LogP contribution in [0, 0.1) is 11.3 Å². The lowest BCUT2D eigenvalue weighted by Gasteiger charge is -2.22. The number of nitriles is 1. The molecule has 1 aliphatic rings. The fraction of sp³-hybridized carbons (Fsp3) is 0.471. The third-order valence-electron chi connectivity index (χ3n) is 4.04. The highest BCUT2D eigenvalue weighted by molar-refractivity contribution is 7.89. The number of carbonyl (C=O) groups is 2. The molecule has 0 saturated heterocycles. The smallest absolute Gasteiger partial charge is 0.321 e. The van der Waals surface area contributed by atoms with E-state index < -0.39 is 35.1 Å². The van der Waals surface area contributed by atoms with Crippen molar-refractivity contribution in [1.82, 2.24) is 10.0 Å². The minimum atomic E-state index is -4.03.